The van der Waals surface area contributed by atoms with E-state index in [1.54, 1.807) is 12.1 Å². The summed E-state index contributed by atoms with van der Waals surface area (Å²) in [6.45, 7) is 1.44. The molecular weight excluding hydrogens is 264 g/mol. The van der Waals surface area contributed by atoms with E-state index in [4.69, 9.17) is 4.74 Å². The van der Waals surface area contributed by atoms with Gasteiger partial charge in [0, 0.05) is 18.1 Å². The van der Waals surface area contributed by atoms with Gasteiger partial charge in [0.15, 0.2) is 5.78 Å². The maximum Gasteiger partial charge on any atom is 0.302 e. The van der Waals surface area contributed by atoms with Gasteiger partial charge in [0.1, 0.15) is 6.61 Å². The van der Waals surface area contributed by atoms with Crippen LogP contribution in [0.15, 0.2) is 42.0 Å². The zero-order chi connectivity index (χ0) is 15.1. The fourth-order valence-electron chi connectivity index (χ4n) is 2.73. The molecule has 1 aliphatic rings. The minimum absolute atomic E-state index is 0.0394. The molecule has 1 aromatic rings. The van der Waals surface area contributed by atoms with E-state index in [2.05, 4.69) is 0 Å². The normalized spacial score (nSPS) is 16.5. The predicted molar refractivity (Wildman–Crippen MR) is 82.1 cm³/mol. The van der Waals surface area contributed by atoms with Crippen molar-refractivity contribution in [3.63, 3.8) is 0 Å². The van der Waals surface area contributed by atoms with Gasteiger partial charge in [0.2, 0.25) is 0 Å². The largest absolute Gasteiger partial charge is 0.461 e. The minimum Gasteiger partial charge on any atom is -0.461 e. The highest BCUT2D eigenvalue weighted by Crippen LogP contribution is 2.26. The Morgan fingerprint density at radius 2 is 1.81 bits per heavy atom. The first kappa shape index (κ1) is 15.5. The van der Waals surface area contributed by atoms with Crippen LogP contribution in [0.2, 0.25) is 0 Å². The van der Waals surface area contributed by atoms with Crippen LogP contribution in [0.1, 0.15) is 49.4 Å². The van der Waals surface area contributed by atoms with Gasteiger partial charge in [-0.1, -0.05) is 55.7 Å². The summed E-state index contributed by atoms with van der Waals surface area (Å²) in [5.74, 6) is 0.0322. The van der Waals surface area contributed by atoms with Crippen molar-refractivity contribution < 1.29 is 14.3 Å². The molecule has 112 valence electrons. The molecule has 0 aliphatic heterocycles. The number of esters is 1. The zero-order valence-electron chi connectivity index (χ0n) is 12.5. The standard InChI is InChI=1S/C18H22O3/c1-14(19)21-13-17(12-15-8-4-2-5-9-15)18(20)16-10-6-3-7-11-16/h3,6-7,10-12,15H,2,4-5,8-9,13H2,1H3/b17-12+. The second kappa shape index (κ2) is 7.77. The molecule has 0 unspecified atom stereocenters. The topological polar surface area (TPSA) is 43.4 Å². The second-order valence-electron chi connectivity index (χ2n) is 5.57. The van der Waals surface area contributed by atoms with Crippen molar-refractivity contribution in [2.45, 2.75) is 39.0 Å². The molecule has 3 nitrogen and oxygen atoms in total. The highest BCUT2D eigenvalue weighted by atomic mass is 16.5. The molecular formula is C18H22O3. The molecule has 1 aliphatic carbocycles. The first-order chi connectivity index (χ1) is 10.2. The molecule has 0 saturated heterocycles. The van der Waals surface area contributed by atoms with Gasteiger partial charge in [-0.3, -0.25) is 9.59 Å². The molecule has 2 rings (SSSR count). The van der Waals surface area contributed by atoms with Gasteiger partial charge >= 0.3 is 5.97 Å². The molecule has 0 aromatic heterocycles. The lowest BCUT2D eigenvalue weighted by Crippen LogP contribution is -2.14. The predicted octanol–water partition coefficient (Wildman–Crippen LogP) is 3.94. The lowest BCUT2D eigenvalue weighted by atomic mass is 9.87. The van der Waals surface area contributed by atoms with Gasteiger partial charge in [-0.15, -0.1) is 0 Å². The van der Waals surface area contributed by atoms with E-state index in [0.29, 0.717) is 17.1 Å². The Labute approximate surface area is 126 Å². The average molecular weight is 286 g/mol. The van der Waals surface area contributed by atoms with Gasteiger partial charge in [0.05, 0.1) is 0 Å². The maximum absolute atomic E-state index is 12.6. The number of Topliss-reactive ketones (excluding diaryl/α,β-unsaturated/α-hetero) is 1. The van der Waals surface area contributed by atoms with E-state index in [1.807, 2.05) is 24.3 Å². The molecule has 0 radical (unpaired) electrons. The highest BCUT2D eigenvalue weighted by molar-refractivity contribution is 6.09. The monoisotopic (exact) mass is 286 g/mol. The number of allylic oxidation sites excluding steroid dienone is 1. The molecule has 0 amide bonds. The molecule has 21 heavy (non-hydrogen) atoms. The number of ketones is 1. The Balaban J connectivity index is 2.16. The van der Waals surface area contributed by atoms with E-state index in [0.717, 1.165) is 12.8 Å². The number of carbonyl (C=O) groups excluding carboxylic acids is 2. The number of rotatable bonds is 5. The third-order valence-electron chi connectivity index (χ3n) is 3.85. The molecule has 1 fully saturated rings. The van der Waals surface area contributed by atoms with Crippen molar-refractivity contribution in [3.05, 3.63) is 47.5 Å². The van der Waals surface area contributed by atoms with Crippen LogP contribution >= 0.6 is 0 Å². The van der Waals surface area contributed by atoms with Gasteiger partial charge in [-0.25, -0.2) is 0 Å². The number of ether oxygens (including phenoxy) is 1. The SMILES string of the molecule is CC(=O)OC/C(=C\C1CCCCC1)C(=O)c1ccccc1. The Hall–Kier alpha value is -1.90. The van der Waals surface area contributed by atoms with Crippen molar-refractivity contribution in [1.29, 1.82) is 0 Å². The van der Waals surface area contributed by atoms with Crippen LogP contribution in [0.4, 0.5) is 0 Å². The van der Waals surface area contributed by atoms with Crippen LogP contribution in [-0.4, -0.2) is 18.4 Å². The summed E-state index contributed by atoms with van der Waals surface area (Å²) in [5, 5.41) is 0. The Bertz CT molecular complexity index is 511. The zero-order valence-corrected chi connectivity index (χ0v) is 12.5. The minimum atomic E-state index is -0.356. The number of hydrogen-bond donors (Lipinski definition) is 0. The number of hydrogen-bond acceptors (Lipinski definition) is 3. The van der Waals surface area contributed by atoms with Crippen LogP contribution in [-0.2, 0) is 9.53 Å². The molecule has 0 bridgehead atoms. The smallest absolute Gasteiger partial charge is 0.302 e. The molecule has 0 atom stereocenters. The summed E-state index contributed by atoms with van der Waals surface area (Å²) in [5.41, 5.74) is 1.25. The van der Waals surface area contributed by atoms with E-state index in [1.165, 1.54) is 26.2 Å². The van der Waals surface area contributed by atoms with Crippen LogP contribution in [0.25, 0.3) is 0 Å². The Morgan fingerprint density at radius 1 is 1.14 bits per heavy atom. The summed E-state index contributed by atoms with van der Waals surface area (Å²) in [7, 11) is 0. The third-order valence-corrected chi connectivity index (χ3v) is 3.85. The Morgan fingerprint density at radius 3 is 2.43 bits per heavy atom. The molecule has 1 aromatic carbocycles. The number of carbonyl (C=O) groups is 2. The summed E-state index contributed by atoms with van der Waals surface area (Å²) in [4.78, 5) is 23.6. The second-order valence-corrected chi connectivity index (χ2v) is 5.57. The van der Waals surface area contributed by atoms with Gasteiger partial charge in [-0.2, -0.15) is 0 Å². The molecule has 3 heteroatoms. The quantitative estimate of drug-likeness (QED) is 0.468. The summed E-state index contributed by atoms with van der Waals surface area (Å²) >= 11 is 0. The van der Waals surface area contributed by atoms with Crippen molar-refractivity contribution in [2.24, 2.45) is 5.92 Å². The molecule has 0 heterocycles. The van der Waals surface area contributed by atoms with Crippen LogP contribution in [0.5, 0.6) is 0 Å². The summed E-state index contributed by atoms with van der Waals surface area (Å²) in [6.07, 6.45) is 7.95. The van der Waals surface area contributed by atoms with Crippen molar-refractivity contribution in [3.8, 4) is 0 Å². The molecule has 0 spiro atoms. The van der Waals surface area contributed by atoms with E-state index in [9.17, 15) is 9.59 Å². The van der Waals surface area contributed by atoms with E-state index < -0.39 is 0 Å². The van der Waals surface area contributed by atoms with Crippen LogP contribution < -0.4 is 0 Å². The van der Waals surface area contributed by atoms with Gasteiger partial charge in [-0.05, 0) is 18.8 Å². The van der Waals surface area contributed by atoms with E-state index in [-0.39, 0.29) is 18.4 Å². The lowest BCUT2D eigenvalue weighted by Gasteiger charge is -2.19. The molecule has 1 saturated carbocycles. The number of benzene rings is 1. The average Bonchev–Trinajstić information content (AvgIpc) is 2.52. The first-order valence-electron chi connectivity index (χ1n) is 7.60. The van der Waals surface area contributed by atoms with Crippen molar-refractivity contribution in [2.75, 3.05) is 6.61 Å². The van der Waals surface area contributed by atoms with Gasteiger partial charge in [0.25, 0.3) is 0 Å². The fraction of sp³-hybridized carbons (Fsp3) is 0.444. The van der Waals surface area contributed by atoms with Gasteiger partial charge < -0.3 is 4.74 Å². The lowest BCUT2D eigenvalue weighted by molar-refractivity contribution is -0.139. The van der Waals surface area contributed by atoms with E-state index >= 15 is 0 Å². The summed E-state index contributed by atoms with van der Waals surface area (Å²) in [6, 6.07) is 9.16. The Kier molecular flexibility index (Phi) is 5.73. The molecule has 0 N–H and O–H groups in total. The highest BCUT2D eigenvalue weighted by Gasteiger charge is 2.18. The van der Waals surface area contributed by atoms with Crippen LogP contribution in [0.3, 0.4) is 0 Å². The summed E-state index contributed by atoms with van der Waals surface area (Å²) < 4.78 is 5.06. The maximum atomic E-state index is 12.6. The van der Waals surface area contributed by atoms with Crippen molar-refractivity contribution in [1.82, 2.24) is 0 Å². The fourth-order valence-corrected chi connectivity index (χ4v) is 2.73. The first-order valence-corrected chi connectivity index (χ1v) is 7.60. The van der Waals surface area contributed by atoms with Crippen LogP contribution in [0, 0.1) is 5.92 Å². The van der Waals surface area contributed by atoms with Crippen molar-refractivity contribution >= 4 is 11.8 Å². The third kappa shape index (κ3) is 4.85.